The van der Waals surface area contributed by atoms with Gasteiger partial charge in [0.25, 0.3) is 5.06 Å². The van der Waals surface area contributed by atoms with Gasteiger partial charge >= 0.3 is 29.8 Å². The van der Waals surface area contributed by atoms with Gasteiger partial charge in [0, 0.05) is 39.5 Å². The first kappa shape index (κ1) is 33.8. The summed E-state index contributed by atoms with van der Waals surface area (Å²) in [7, 11) is 1.06. The lowest BCUT2D eigenvalue weighted by Gasteiger charge is -2.50. The fraction of sp³-hybridized carbons (Fsp3) is 0.538. The third-order valence-electron chi connectivity index (χ3n) is 5.58. The standard InChI is InChI=1S/C26H32ClNO12S/c1-13(29)28-20-22(21(38-16(4)32)19(37-15(3)31)12-36-14(2)30)40-26(27,25(34)35-6)24(23(20)39-17(5)33)41-18-10-8-7-9-11-18/h7-11,19-24H,12H2,1-6H3,(H,28,29)/t19-,20+,21-,22?,23?,24?,26+/m1/s1. The Bertz CT molecular complexity index is 1130. The summed E-state index contributed by atoms with van der Waals surface area (Å²) in [6.45, 7) is 4.89. The number of alkyl halides is 1. The van der Waals surface area contributed by atoms with E-state index in [0.29, 0.717) is 4.90 Å². The van der Waals surface area contributed by atoms with Crippen molar-refractivity contribution >= 4 is 59.1 Å². The molecule has 3 unspecified atom stereocenters. The minimum Gasteiger partial charge on any atom is -0.466 e. The van der Waals surface area contributed by atoms with E-state index in [-0.39, 0.29) is 0 Å². The first-order valence-corrected chi connectivity index (χ1v) is 13.5. The Hall–Kier alpha value is -3.36. The van der Waals surface area contributed by atoms with Crippen LogP contribution in [0, 0.1) is 0 Å². The predicted octanol–water partition coefficient (Wildman–Crippen LogP) is 1.52. The third kappa shape index (κ3) is 9.33. The van der Waals surface area contributed by atoms with Crippen LogP contribution in [-0.4, -0.2) is 90.2 Å². The average molecular weight is 618 g/mol. The van der Waals surface area contributed by atoms with E-state index in [0.717, 1.165) is 46.6 Å². The Kier molecular flexibility index (Phi) is 12.4. The summed E-state index contributed by atoms with van der Waals surface area (Å²) < 4.78 is 32.5. The van der Waals surface area contributed by atoms with Crippen LogP contribution >= 0.6 is 23.4 Å². The second-order valence-corrected chi connectivity index (χ2v) is 10.7. The number of hydrogen-bond donors (Lipinski definition) is 1. The summed E-state index contributed by atoms with van der Waals surface area (Å²) in [5.74, 6) is -4.98. The molecule has 0 bridgehead atoms. The van der Waals surface area contributed by atoms with Gasteiger partial charge in [0.05, 0.1) is 13.2 Å². The summed E-state index contributed by atoms with van der Waals surface area (Å²) in [5.41, 5.74) is 0. The lowest BCUT2D eigenvalue weighted by molar-refractivity contribution is -0.223. The molecule has 15 heteroatoms. The first-order chi connectivity index (χ1) is 19.2. The first-order valence-electron chi connectivity index (χ1n) is 12.3. The van der Waals surface area contributed by atoms with Crippen molar-refractivity contribution in [3.05, 3.63) is 30.3 Å². The molecule has 41 heavy (non-hydrogen) atoms. The summed E-state index contributed by atoms with van der Waals surface area (Å²) in [5, 5.41) is -1.03. The van der Waals surface area contributed by atoms with Crippen molar-refractivity contribution in [2.45, 2.75) is 80.3 Å². The average Bonchev–Trinajstić information content (AvgIpc) is 2.88. The van der Waals surface area contributed by atoms with Crippen LogP contribution in [0.15, 0.2) is 35.2 Å². The number of hydrogen-bond acceptors (Lipinski definition) is 13. The maximum atomic E-state index is 13.2. The van der Waals surface area contributed by atoms with Gasteiger partial charge in [0.2, 0.25) is 5.91 Å². The van der Waals surface area contributed by atoms with Crippen LogP contribution in [0.25, 0.3) is 0 Å². The molecule has 0 radical (unpaired) electrons. The van der Waals surface area contributed by atoms with Gasteiger partial charge in [-0.05, 0) is 12.1 Å². The maximum absolute atomic E-state index is 13.2. The van der Waals surface area contributed by atoms with Crippen LogP contribution < -0.4 is 5.32 Å². The van der Waals surface area contributed by atoms with E-state index in [1.165, 1.54) is 6.92 Å². The van der Waals surface area contributed by atoms with Crippen LogP contribution in [0.1, 0.15) is 34.6 Å². The van der Waals surface area contributed by atoms with Crippen LogP contribution in [0.3, 0.4) is 0 Å². The number of carbonyl (C=O) groups is 6. The third-order valence-corrected chi connectivity index (χ3v) is 7.59. The molecule has 226 valence electrons. The zero-order valence-electron chi connectivity index (χ0n) is 23.2. The molecule has 0 spiro atoms. The molecule has 1 saturated heterocycles. The van der Waals surface area contributed by atoms with E-state index >= 15 is 0 Å². The molecule has 1 heterocycles. The van der Waals surface area contributed by atoms with Gasteiger partial charge < -0.3 is 33.7 Å². The van der Waals surface area contributed by atoms with Crippen molar-refractivity contribution in [3.8, 4) is 0 Å². The Morgan fingerprint density at radius 3 is 2.05 bits per heavy atom. The van der Waals surface area contributed by atoms with Crippen molar-refractivity contribution in [1.29, 1.82) is 0 Å². The second-order valence-electron chi connectivity index (χ2n) is 8.90. The van der Waals surface area contributed by atoms with Gasteiger partial charge in [-0.3, -0.25) is 24.0 Å². The van der Waals surface area contributed by atoms with E-state index < -0.39 is 83.1 Å². The van der Waals surface area contributed by atoms with E-state index in [1.807, 2.05) is 0 Å². The lowest BCUT2D eigenvalue weighted by atomic mass is 9.88. The number of nitrogens with one attached hydrogen (secondary N) is 1. The number of thioether (sulfide) groups is 1. The minimum absolute atomic E-state index is 0.594. The van der Waals surface area contributed by atoms with Gasteiger partial charge in [-0.15, -0.1) is 11.8 Å². The zero-order valence-corrected chi connectivity index (χ0v) is 24.8. The van der Waals surface area contributed by atoms with Crippen LogP contribution in [-0.2, 0) is 57.2 Å². The SMILES string of the molecule is COC(=O)[C@@]1(Cl)OC([C@H](OC(C)=O)[C@@H](COC(C)=O)OC(C)=O)[C@H](NC(C)=O)C(OC(C)=O)C1Sc1ccccc1. The number of ether oxygens (including phenoxy) is 6. The molecule has 1 fully saturated rings. The van der Waals surface area contributed by atoms with E-state index in [9.17, 15) is 28.8 Å². The number of carbonyl (C=O) groups excluding carboxylic acids is 6. The summed E-state index contributed by atoms with van der Waals surface area (Å²) >= 11 is 7.89. The van der Waals surface area contributed by atoms with Crippen molar-refractivity contribution < 1.29 is 57.2 Å². The topological polar surface area (TPSA) is 170 Å². The summed E-state index contributed by atoms with van der Waals surface area (Å²) in [4.78, 5) is 74.4. The Morgan fingerprint density at radius 1 is 0.951 bits per heavy atom. The Balaban J connectivity index is 2.79. The molecular formula is C26H32ClNO12S. The van der Waals surface area contributed by atoms with Gasteiger partial charge in [-0.2, -0.15) is 0 Å². The molecule has 7 atom stereocenters. The second kappa shape index (κ2) is 15.0. The monoisotopic (exact) mass is 617 g/mol. The summed E-state index contributed by atoms with van der Waals surface area (Å²) in [6.07, 6.45) is -6.16. The Morgan fingerprint density at radius 2 is 1.56 bits per heavy atom. The maximum Gasteiger partial charge on any atom is 0.355 e. The molecule has 1 aromatic rings. The number of methoxy groups -OCH3 is 1. The molecule has 1 aromatic carbocycles. The van der Waals surface area contributed by atoms with E-state index in [1.54, 1.807) is 30.3 Å². The molecular weight excluding hydrogens is 586 g/mol. The van der Waals surface area contributed by atoms with Crippen LogP contribution in [0.2, 0.25) is 0 Å². The minimum atomic E-state index is -2.41. The number of rotatable bonds is 11. The smallest absolute Gasteiger partial charge is 0.355 e. The van der Waals surface area contributed by atoms with Gasteiger partial charge in [-0.25, -0.2) is 4.79 Å². The van der Waals surface area contributed by atoms with Gasteiger partial charge in [0.15, 0.2) is 12.2 Å². The highest BCUT2D eigenvalue weighted by molar-refractivity contribution is 8.00. The number of esters is 5. The highest BCUT2D eigenvalue weighted by Gasteiger charge is 2.63. The number of amides is 1. The molecule has 1 amide bonds. The summed E-state index contributed by atoms with van der Waals surface area (Å²) in [6, 6.07) is 7.29. The van der Waals surface area contributed by atoms with Crippen molar-refractivity contribution in [1.82, 2.24) is 5.32 Å². The normalized spacial score (nSPS) is 25.0. The van der Waals surface area contributed by atoms with Crippen molar-refractivity contribution in [2.75, 3.05) is 13.7 Å². The lowest BCUT2D eigenvalue weighted by Crippen LogP contribution is -2.72. The molecule has 0 saturated carbocycles. The van der Waals surface area contributed by atoms with E-state index in [4.69, 9.17) is 40.0 Å². The molecule has 1 aliphatic rings. The fourth-order valence-corrected chi connectivity index (χ4v) is 5.88. The largest absolute Gasteiger partial charge is 0.466 e. The Labute approximate surface area is 245 Å². The van der Waals surface area contributed by atoms with Crippen molar-refractivity contribution in [2.24, 2.45) is 0 Å². The molecule has 2 rings (SSSR count). The fourth-order valence-electron chi connectivity index (χ4n) is 4.17. The van der Waals surface area contributed by atoms with Crippen LogP contribution in [0.4, 0.5) is 0 Å². The quantitative estimate of drug-likeness (QED) is 0.215. The number of benzene rings is 1. The van der Waals surface area contributed by atoms with E-state index in [2.05, 4.69) is 5.32 Å². The van der Waals surface area contributed by atoms with Crippen molar-refractivity contribution in [3.63, 3.8) is 0 Å². The molecule has 1 aliphatic heterocycles. The highest BCUT2D eigenvalue weighted by atomic mass is 35.5. The molecule has 0 aromatic heterocycles. The number of halogens is 1. The molecule has 0 aliphatic carbocycles. The van der Waals surface area contributed by atoms with Gasteiger partial charge in [-0.1, -0.05) is 29.8 Å². The molecule has 13 nitrogen and oxygen atoms in total. The highest BCUT2D eigenvalue weighted by Crippen LogP contribution is 2.46. The molecule has 1 N–H and O–H groups in total. The van der Waals surface area contributed by atoms with Gasteiger partial charge in [0.1, 0.15) is 24.1 Å². The zero-order chi connectivity index (χ0) is 30.9. The predicted molar refractivity (Wildman–Crippen MR) is 142 cm³/mol. The van der Waals surface area contributed by atoms with Crippen LogP contribution in [0.5, 0.6) is 0 Å².